The maximum Gasteiger partial charge on any atom is 0.307 e. The average Bonchev–Trinajstić information content (AvgIpc) is 2.31. The number of carboxylic acids is 1. The monoisotopic (exact) mass is 313 g/mol. The highest BCUT2D eigenvalue weighted by molar-refractivity contribution is 9.10. The van der Waals surface area contributed by atoms with Gasteiger partial charge in [-0.1, -0.05) is 41.9 Å². The molecule has 0 saturated carbocycles. The van der Waals surface area contributed by atoms with Gasteiger partial charge in [-0.3, -0.25) is 9.69 Å². The van der Waals surface area contributed by atoms with Gasteiger partial charge in [0.15, 0.2) is 0 Å². The molecule has 0 bridgehead atoms. The second kappa shape index (κ2) is 6.90. The molecular formula is C14H20BrNO2. The smallest absolute Gasteiger partial charge is 0.307 e. The molecule has 100 valence electrons. The van der Waals surface area contributed by atoms with E-state index in [0.29, 0.717) is 6.54 Å². The van der Waals surface area contributed by atoms with Crippen LogP contribution in [-0.4, -0.2) is 29.1 Å². The number of halogens is 1. The molecule has 0 amide bonds. The fourth-order valence-electron chi connectivity index (χ4n) is 1.79. The number of carbonyl (C=O) groups is 1. The average molecular weight is 314 g/mol. The van der Waals surface area contributed by atoms with E-state index in [-0.39, 0.29) is 5.92 Å². The minimum atomic E-state index is -0.739. The molecule has 1 aromatic carbocycles. The van der Waals surface area contributed by atoms with E-state index in [9.17, 15) is 4.79 Å². The lowest BCUT2D eigenvalue weighted by Gasteiger charge is -2.23. The van der Waals surface area contributed by atoms with Crippen LogP contribution >= 0.6 is 15.9 Å². The van der Waals surface area contributed by atoms with Gasteiger partial charge in [0.2, 0.25) is 0 Å². The van der Waals surface area contributed by atoms with E-state index in [1.165, 1.54) is 11.1 Å². The molecule has 1 aromatic rings. The Balaban J connectivity index is 2.70. The van der Waals surface area contributed by atoms with Crippen LogP contribution in [0, 0.1) is 12.8 Å². The molecular weight excluding hydrogens is 294 g/mol. The van der Waals surface area contributed by atoms with Crippen molar-refractivity contribution < 1.29 is 9.90 Å². The van der Waals surface area contributed by atoms with E-state index in [1.807, 2.05) is 0 Å². The van der Waals surface area contributed by atoms with Gasteiger partial charge in [-0.05, 0) is 30.7 Å². The molecule has 0 aliphatic rings. The first-order valence-electron chi connectivity index (χ1n) is 6.14. The van der Waals surface area contributed by atoms with Gasteiger partial charge in [0.25, 0.3) is 0 Å². The molecule has 1 rings (SSSR count). The lowest BCUT2D eigenvalue weighted by Crippen LogP contribution is -2.31. The summed E-state index contributed by atoms with van der Waals surface area (Å²) >= 11 is 3.56. The number of nitrogens with zero attached hydrogens (tertiary/aromatic N) is 1. The molecule has 1 unspecified atom stereocenters. The van der Waals surface area contributed by atoms with Gasteiger partial charge >= 0.3 is 5.97 Å². The van der Waals surface area contributed by atoms with Gasteiger partial charge in [0.05, 0.1) is 5.92 Å². The minimum absolute atomic E-state index is 0.339. The zero-order valence-electron chi connectivity index (χ0n) is 11.1. The Labute approximate surface area is 117 Å². The second-order valence-electron chi connectivity index (χ2n) is 4.66. The molecule has 0 aliphatic carbocycles. The summed E-state index contributed by atoms with van der Waals surface area (Å²) in [5.41, 5.74) is 2.41. The molecule has 0 saturated heterocycles. The van der Waals surface area contributed by atoms with Crippen LogP contribution in [0.2, 0.25) is 0 Å². The van der Waals surface area contributed by atoms with Gasteiger partial charge in [-0.15, -0.1) is 0 Å². The maximum atomic E-state index is 10.9. The van der Waals surface area contributed by atoms with E-state index in [4.69, 9.17) is 5.11 Å². The number of hydrogen-bond acceptors (Lipinski definition) is 2. The molecule has 0 radical (unpaired) electrons. The summed E-state index contributed by atoms with van der Waals surface area (Å²) in [6.45, 7) is 8.05. The van der Waals surface area contributed by atoms with Crippen LogP contribution in [0.1, 0.15) is 25.0 Å². The standard InChI is InChI=1S/C14H20BrNO2/c1-4-16(8-11(3)14(17)18)9-12-6-5-10(2)7-13(12)15/h5-7,11H,4,8-9H2,1-3H3,(H,17,18). The van der Waals surface area contributed by atoms with Crippen molar-refractivity contribution in [3.05, 3.63) is 33.8 Å². The van der Waals surface area contributed by atoms with Crippen molar-refractivity contribution in [1.29, 1.82) is 0 Å². The zero-order valence-corrected chi connectivity index (χ0v) is 12.7. The summed E-state index contributed by atoms with van der Waals surface area (Å²) in [6.07, 6.45) is 0. The SMILES string of the molecule is CCN(Cc1ccc(C)cc1Br)CC(C)C(=O)O. The quantitative estimate of drug-likeness (QED) is 0.876. The van der Waals surface area contributed by atoms with E-state index < -0.39 is 5.97 Å². The van der Waals surface area contributed by atoms with Crippen LogP contribution in [0.4, 0.5) is 0 Å². The number of rotatable bonds is 6. The molecule has 1 atom stereocenters. The molecule has 0 heterocycles. The molecule has 18 heavy (non-hydrogen) atoms. The van der Waals surface area contributed by atoms with Crippen LogP contribution in [0.25, 0.3) is 0 Å². The molecule has 1 N–H and O–H groups in total. The molecule has 0 spiro atoms. The fourth-order valence-corrected chi connectivity index (χ4v) is 2.41. The Kier molecular flexibility index (Phi) is 5.82. The van der Waals surface area contributed by atoms with Crippen molar-refractivity contribution in [3.8, 4) is 0 Å². The topological polar surface area (TPSA) is 40.5 Å². The van der Waals surface area contributed by atoms with E-state index in [0.717, 1.165) is 17.6 Å². The van der Waals surface area contributed by atoms with Gasteiger partial charge in [0, 0.05) is 17.6 Å². The van der Waals surface area contributed by atoms with E-state index in [2.05, 4.69) is 52.9 Å². The third-order valence-corrected chi connectivity index (χ3v) is 3.74. The number of hydrogen-bond donors (Lipinski definition) is 1. The lowest BCUT2D eigenvalue weighted by atomic mass is 10.1. The van der Waals surface area contributed by atoms with Crippen molar-refractivity contribution in [2.45, 2.75) is 27.3 Å². The largest absolute Gasteiger partial charge is 0.481 e. The van der Waals surface area contributed by atoms with Gasteiger partial charge in [0.1, 0.15) is 0 Å². The third kappa shape index (κ3) is 4.42. The lowest BCUT2D eigenvalue weighted by molar-refractivity contribution is -0.141. The Morgan fingerprint density at radius 1 is 1.50 bits per heavy atom. The van der Waals surface area contributed by atoms with Crippen molar-refractivity contribution in [2.24, 2.45) is 5.92 Å². The molecule has 0 fully saturated rings. The van der Waals surface area contributed by atoms with E-state index in [1.54, 1.807) is 6.92 Å². The maximum absolute atomic E-state index is 10.9. The highest BCUT2D eigenvalue weighted by atomic mass is 79.9. The summed E-state index contributed by atoms with van der Waals surface area (Å²) in [5.74, 6) is -1.08. The fraction of sp³-hybridized carbons (Fsp3) is 0.500. The highest BCUT2D eigenvalue weighted by Gasteiger charge is 2.15. The predicted octanol–water partition coefficient (Wildman–Crippen LogP) is 3.30. The molecule has 0 aromatic heterocycles. The zero-order chi connectivity index (χ0) is 13.7. The number of aliphatic carboxylic acids is 1. The van der Waals surface area contributed by atoms with Crippen LogP contribution in [0.5, 0.6) is 0 Å². The van der Waals surface area contributed by atoms with E-state index >= 15 is 0 Å². The first kappa shape index (κ1) is 15.2. The summed E-state index contributed by atoms with van der Waals surface area (Å²) < 4.78 is 1.09. The number of benzene rings is 1. The Bertz CT molecular complexity index is 420. The van der Waals surface area contributed by atoms with Crippen molar-refractivity contribution in [2.75, 3.05) is 13.1 Å². The van der Waals surface area contributed by atoms with Crippen LogP contribution in [0.15, 0.2) is 22.7 Å². The van der Waals surface area contributed by atoms with Gasteiger partial charge in [-0.2, -0.15) is 0 Å². The molecule has 4 heteroatoms. The van der Waals surface area contributed by atoms with Crippen molar-refractivity contribution >= 4 is 21.9 Å². The van der Waals surface area contributed by atoms with Crippen molar-refractivity contribution in [1.82, 2.24) is 4.90 Å². The second-order valence-corrected chi connectivity index (χ2v) is 5.52. The summed E-state index contributed by atoms with van der Waals surface area (Å²) in [6, 6.07) is 6.26. The van der Waals surface area contributed by atoms with Crippen LogP contribution < -0.4 is 0 Å². The number of aryl methyl sites for hydroxylation is 1. The van der Waals surface area contributed by atoms with Crippen molar-refractivity contribution in [3.63, 3.8) is 0 Å². The Morgan fingerprint density at radius 3 is 2.67 bits per heavy atom. The van der Waals surface area contributed by atoms with Crippen LogP contribution in [0.3, 0.4) is 0 Å². The first-order valence-corrected chi connectivity index (χ1v) is 6.93. The third-order valence-electron chi connectivity index (χ3n) is 3.00. The molecule has 3 nitrogen and oxygen atoms in total. The Morgan fingerprint density at radius 2 is 2.17 bits per heavy atom. The normalized spacial score (nSPS) is 12.7. The Hall–Kier alpha value is -0.870. The summed E-state index contributed by atoms with van der Waals surface area (Å²) in [4.78, 5) is 13.0. The summed E-state index contributed by atoms with van der Waals surface area (Å²) in [7, 11) is 0. The minimum Gasteiger partial charge on any atom is -0.481 e. The van der Waals surface area contributed by atoms with Gasteiger partial charge < -0.3 is 5.11 Å². The van der Waals surface area contributed by atoms with Gasteiger partial charge in [-0.25, -0.2) is 0 Å². The predicted molar refractivity (Wildman–Crippen MR) is 76.6 cm³/mol. The highest BCUT2D eigenvalue weighted by Crippen LogP contribution is 2.20. The summed E-state index contributed by atoms with van der Waals surface area (Å²) in [5, 5.41) is 8.95. The molecule has 0 aliphatic heterocycles. The first-order chi connectivity index (χ1) is 8.43. The number of carboxylic acid groups (broad SMARTS) is 1. The van der Waals surface area contributed by atoms with Crippen LogP contribution in [-0.2, 0) is 11.3 Å².